The van der Waals surface area contributed by atoms with E-state index in [1.54, 1.807) is 11.8 Å². The predicted octanol–water partition coefficient (Wildman–Crippen LogP) is 2.85. The van der Waals surface area contributed by atoms with Crippen LogP contribution in [-0.2, 0) is 13.1 Å². The van der Waals surface area contributed by atoms with Crippen molar-refractivity contribution >= 4 is 11.8 Å². The summed E-state index contributed by atoms with van der Waals surface area (Å²) in [5, 5.41) is 5.70. The first-order valence-corrected chi connectivity index (χ1v) is 8.02. The highest BCUT2D eigenvalue weighted by Gasteiger charge is 2.20. The van der Waals surface area contributed by atoms with Crippen LogP contribution >= 0.6 is 11.8 Å². The minimum Gasteiger partial charge on any atom is -0.274 e. The van der Waals surface area contributed by atoms with Crippen LogP contribution in [-0.4, -0.2) is 32.1 Å². The van der Waals surface area contributed by atoms with Gasteiger partial charge in [-0.2, -0.15) is 5.10 Å². The summed E-state index contributed by atoms with van der Waals surface area (Å²) in [6.07, 6.45) is 0.811. The molecule has 0 unspecified atom stereocenters. The highest BCUT2D eigenvalue weighted by atomic mass is 32.2. The zero-order chi connectivity index (χ0) is 13.9. The van der Waals surface area contributed by atoms with E-state index in [1.165, 1.54) is 5.56 Å². The summed E-state index contributed by atoms with van der Waals surface area (Å²) < 4.78 is 2.04. The largest absolute Gasteiger partial charge is 0.274 e. The van der Waals surface area contributed by atoms with Gasteiger partial charge in [0.25, 0.3) is 0 Å². The van der Waals surface area contributed by atoms with Crippen molar-refractivity contribution in [3.05, 3.63) is 41.7 Å². The average Bonchev–Trinajstić information content (AvgIpc) is 2.80. The molecule has 1 aliphatic rings. The van der Waals surface area contributed by atoms with E-state index in [-0.39, 0.29) is 0 Å². The molecule has 0 aliphatic carbocycles. The first-order chi connectivity index (χ1) is 9.70. The maximum atomic E-state index is 4.65. The van der Waals surface area contributed by atoms with Gasteiger partial charge in [0.2, 0.25) is 0 Å². The summed E-state index contributed by atoms with van der Waals surface area (Å²) in [6, 6.07) is 10.4. The van der Waals surface area contributed by atoms with E-state index in [9.17, 15) is 0 Å². The third-order valence-corrected chi connectivity index (χ3v) is 4.27. The smallest absolute Gasteiger partial charge is 0.188 e. The topological polar surface area (TPSA) is 34.0 Å². The third-order valence-electron chi connectivity index (χ3n) is 3.22. The Morgan fingerprint density at radius 3 is 2.80 bits per heavy atom. The van der Waals surface area contributed by atoms with Crippen LogP contribution in [0, 0.1) is 5.92 Å². The molecule has 1 aromatic carbocycles. The van der Waals surface area contributed by atoms with E-state index in [1.807, 2.05) is 10.7 Å². The van der Waals surface area contributed by atoms with Crippen molar-refractivity contribution in [3.8, 4) is 0 Å². The van der Waals surface area contributed by atoms with Gasteiger partial charge in [0.05, 0.1) is 12.5 Å². The minimum absolute atomic E-state index is 0.685. The van der Waals surface area contributed by atoms with E-state index >= 15 is 0 Å². The number of nitrogens with zero attached hydrogens (tertiary/aromatic N) is 4. The molecule has 0 fully saturated rings. The van der Waals surface area contributed by atoms with Gasteiger partial charge >= 0.3 is 0 Å². The van der Waals surface area contributed by atoms with Gasteiger partial charge in [0.1, 0.15) is 0 Å². The Labute approximate surface area is 124 Å². The van der Waals surface area contributed by atoms with Crippen molar-refractivity contribution in [2.75, 3.05) is 12.4 Å². The fraction of sp³-hybridized carbons (Fsp3) is 0.467. The van der Waals surface area contributed by atoms with E-state index in [4.69, 9.17) is 0 Å². The highest BCUT2D eigenvalue weighted by Crippen LogP contribution is 2.24. The van der Waals surface area contributed by atoms with Crippen LogP contribution in [0.5, 0.6) is 0 Å². The van der Waals surface area contributed by atoms with E-state index < -0.39 is 0 Å². The lowest BCUT2D eigenvalue weighted by atomic mass is 10.1. The number of benzene rings is 1. The van der Waals surface area contributed by atoms with Gasteiger partial charge in [-0.15, -0.1) is 0 Å². The first kappa shape index (κ1) is 13.6. The molecule has 2 aromatic rings. The monoisotopic (exact) mass is 288 g/mol. The van der Waals surface area contributed by atoms with Crippen molar-refractivity contribution in [2.24, 2.45) is 5.92 Å². The van der Waals surface area contributed by atoms with Crippen molar-refractivity contribution in [3.63, 3.8) is 0 Å². The first-order valence-electron chi connectivity index (χ1n) is 7.03. The van der Waals surface area contributed by atoms with E-state index in [2.05, 4.69) is 53.1 Å². The second kappa shape index (κ2) is 5.97. The fourth-order valence-corrected chi connectivity index (χ4v) is 3.33. The molecular weight excluding hydrogens is 268 g/mol. The Kier molecular flexibility index (Phi) is 4.08. The quantitative estimate of drug-likeness (QED) is 0.866. The molecule has 3 rings (SSSR count). The van der Waals surface area contributed by atoms with E-state index in [0.717, 1.165) is 36.5 Å². The van der Waals surface area contributed by atoms with Crippen molar-refractivity contribution < 1.29 is 0 Å². The third kappa shape index (κ3) is 3.22. The van der Waals surface area contributed by atoms with Crippen molar-refractivity contribution in [1.29, 1.82) is 0 Å². The van der Waals surface area contributed by atoms with Crippen LogP contribution in [0.1, 0.15) is 25.2 Å². The number of thioether (sulfide) groups is 1. The molecule has 20 heavy (non-hydrogen) atoms. The molecule has 106 valence electrons. The van der Waals surface area contributed by atoms with Gasteiger partial charge < -0.3 is 0 Å². The lowest BCUT2D eigenvalue weighted by molar-refractivity contribution is 0.200. The lowest BCUT2D eigenvalue weighted by Gasteiger charge is -2.27. The number of hydrogen-bond donors (Lipinski definition) is 0. The molecule has 2 heterocycles. The van der Waals surface area contributed by atoms with Crippen LogP contribution in [0.2, 0.25) is 0 Å². The molecule has 0 amide bonds. The molecule has 4 nitrogen and oxygen atoms in total. The van der Waals surface area contributed by atoms with Gasteiger partial charge in [-0.05, 0) is 11.5 Å². The summed E-state index contributed by atoms with van der Waals surface area (Å²) in [6.45, 7) is 6.48. The van der Waals surface area contributed by atoms with Gasteiger partial charge in [-0.3, -0.25) is 4.90 Å². The molecule has 0 spiro atoms. The van der Waals surface area contributed by atoms with Crippen molar-refractivity contribution in [1.82, 2.24) is 19.7 Å². The molecule has 0 saturated carbocycles. The van der Waals surface area contributed by atoms with Crippen LogP contribution in [0.15, 0.2) is 35.5 Å². The molecule has 0 N–H and O–H groups in total. The van der Waals surface area contributed by atoms with Crippen LogP contribution in [0.4, 0.5) is 0 Å². The zero-order valence-corrected chi connectivity index (χ0v) is 12.8. The molecule has 5 heteroatoms. The molecular formula is C15H20N4S. The molecule has 0 saturated heterocycles. The molecule has 1 aromatic heterocycles. The van der Waals surface area contributed by atoms with Crippen LogP contribution in [0.25, 0.3) is 0 Å². The fourth-order valence-electron chi connectivity index (χ4n) is 2.43. The Hall–Kier alpha value is -1.33. The molecule has 1 aliphatic heterocycles. The Morgan fingerprint density at radius 1 is 1.25 bits per heavy atom. The number of hydrogen-bond acceptors (Lipinski definition) is 4. The van der Waals surface area contributed by atoms with Gasteiger partial charge in [0.15, 0.2) is 11.0 Å². The standard InChI is InChI=1S/C15H20N4S/c1-12(2)9-18-10-19-15(20-11-18)16-14(17-19)8-13-6-4-3-5-7-13/h3-7,12H,8-11H2,1-2H3. The number of aromatic nitrogens is 3. The molecule has 0 atom stereocenters. The maximum Gasteiger partial charge on any atom is 0.188 e. The second-order valence-corrected chi connectivity index (χ2v) is 6.55. The second-order valence-electron chi connectivity index (χ2n) is 5.63. The van der Waals surface area contributed by atoms with Crippen LogP contribution in [0.3, 0.4) is 0 Å². The summed E-state index contributed by atoms with van der Waals surface area (Å²) in [4.78, 5) is 7.07. The summed E-state index contributed by atoms with van der Waals surface area (Å²) in [5.41, 5.74) is 1.26. The van der Waals surface area contributed by atoms with Gasteiger partial charge in [0, 0.05) is 13.0 Å². The summed E-state index contributed by atoms with van der Waals surface area (Å²) in [7, 11) is 0. The number of fused-ring (bicyclic) bond motifs is 1. The summed E-state index contributed by atoms with van der Waals surface area (Å²) >= 11 is 1.79. The van der Waals surface area contributed by atoms with Gasteiger partial charge in [-0.25, -0.2) is 9.67 Å². The zero-order valence-electron chi connectivity index (χ0n) is 12.0. The van der Waals surface area contributed by atoms with E-state index in [0.29, 0.717) is 5.92 Å². The molecule has 0 radical (unpaired) electrons. The average molecular weight is 288 g/mol. The SMILES string of the molecule is CC(C)CN1CSc2nc(Cc3ccccc3)nn2C1. The number of rotatable bonds is 4. The highest BCUT2D eigenvalue weighted by molar-refractivity contribution is 7.99. The predicted molar refractivity (Wildman–Crippen MR) is 81.5 cm³/mol. The lowest BCUT2D eigenvalue weighted by Crippen LogP contribution is -2.33. The molecule has 0 bridgehead atoms. The summed E-state index contributed by atoms with van der Waals surface area (Å²) in [5.74, 6) is 2.62. The normalized spacial score (nSPS) is 15.6. The minimum atomic E-state index is 0.685. The Morgan fingerprint density at radius 2 is 2.05 bits per heavy atom. The van der Waals surface area contributed by atoms with Gasteiger partial charge in [-0.1, -0.05) is 55.9 Å². The maximum absolute atomic E-state index is 4.65. The van der Waals surface area contributed by atoms with Crippen LogP contribution < -0.4 is 0 Å². The Balaban J connectivity index is 1.70. The Bertz CT molecular complexity index is 565. The van der Waals surface area contributed by atoms with Crippen molar-refractivity contribution in [2.45, 2.75) is 32.1 Å².